The molecule has 0 aliphatic carbocycles. The highest BCUT2D eigenvalue weighted by Crippen LogP contribution is 2.06. The molecular weight excluding hydrogens is 316 g/mol. The van der Waals surface area contributed by atoms with Crippen molar-refractivity contribution in [1.82, 2.24) is 16.0 Å². The quantitative estimate of drug-likeness (QED) is 0.308. The molecule has 137 valence electrons. The molecule has 0 saturated carbocycles. The fourth-order valence-electron chi connectivity index (χ4n) is 1.77. The van der Waals surface area contributed by atoms with Gasteiger partial charge >= 0.3 is 0 Å². The van der Waals surface area contributed by atoms with Crippen molar-refractivity contribution in [2.24, 2.45) is 11.7 Å². The van der Waals surface area contributed by atoms with Crippen molar-refractivity contribution in [3.05, 3.63) is 0 Å². The lowest BCUT2D eigenvalue weighted by molar-refractivity contribution is -0.133. The number of nitrogens with two attached hydrogens (primary N) is 1. The number of hydrogen-bond acceptors (Lipinski definition) is 6. The topological polar surface area (TPSA) is 151 Å². The second-order valence-corrected chi connectivity index (χ2v) is 5.76. The van der Waals surface area contributed by atoms with Crippen LogP contribution in [0.3, 0.4) is 0 Å². The standard InChI is InChI=1S/C15H27N4O5/c1-5-8(2)12(16)14(23)19-13(10(4)21)15(24)17-6-11(22)18-9(3)7-20/h8-10,12-13,21H,5-6,16H2,1-4H3,(H,17,24)(H,18,22)(H,19,23)/t8-,9-,10-,12-,13-/m0/s1. The molecule has 0 spiro atoms. The van der Waals surface area contributed by atoms with E-state index in [1.54, 1.807) is 13.2 Å². The van der Waals surface area contributed by atoms with Gasteiger partial charge < -0.3 is 26.8 Å². The van der Waals surface area contributed by atoms with Gasteiger partial charge in [-0.2, -0.15) is 0 Å². The molecule has 0 bridgehead atoms. The van der Waals surface area contributed by atoms with Crippen LogP contribution in [0.2, 0.25) is 0 Å². The Morgan fingerprint density at radius 3 is 2.17 bits per heavy atom. The summed E-state index contributed by atoms with van der Waals surface area (Å²) < 4.78 is 0. The van der Waals surface area contributed by atoms with E-state index >= 15 is 0 Å². The lowest BCUT2D eigenvalue weighted by Crippen LogP contribution is -2.57. The van der Waals surface area contributed by atoms with E-state index in [4.69, 9.17) is 5.73 Å². The van der Waals surface area contributed by atoms with Gasteiger partial charge in [0, 0.05) is 0 Å². The van der Waals surface area contributed by atoms with Crippen LogP contribution < -0.4 is 21.7 Å². The van der Waals surface area contributed by atoms with Gasteiger partial charge in [-0.15, -0.1) is 0 Å². The summed E-state index contributed by atoms with van der Waals surface area (Å²) in [5, 5.41) is 16.6. The van der Waals surface area contributed by atoms with Crippen LogP contribution in [0.5, 0.6) is 0 Å². The van der Waals surface area contributed by atoms with E-state index in [-0.39, 0.29) is 5.92 Å². The van der Waals surface area contributed by atoms with Crippen LogP contribution in [-0.4, -0.2) is 59.9 Å². The van der Waals surface area contributed by atoms with Crippen molar-refractivity contribution < 1.29 is 24.3 Å². The summed E-state index contributed by atoms with van der Waals surface area (Å²) in [7, 11) is 0. The van der Waals surface area contributed by atoms with Gasteiger partial charge in [-0.1, -0.05) is 20.3 Å². The smallest absolute Gasteiger partial charge is 0.245 e. The van der Waals surface area contributed by atoms with Crippen molar-refractivity contribution in [2.75, 3.05) is 6.54 Å². The maximum atomic E-state index is 12.1. The largest absolute Gasteiger partial charge is 0.391 e. The zero-order chi connectivity index (χ0) is 18.9. The third-order valence-electron chi connectivity index (χ3n) is 3.60. The summed E-state index contributed by atoms with van der Waals surface area (Å²) in [6.07, 6.45) is 1.08. The summed E-state index contributed by atoms with van der Waals surface area (Å²) in [5.41, 5.74) is 5.79. The van der Waals surface area contributed by atoms with Crippen LogP contribution in [0.4, 0.5) is 0 Å². The predicted octanol–water partition coefficient (Wildman–Crippen LogP) is -2.04. The zero-order valence-electron chi connectivity index (χ0n) is 14.5. The summed E-state index contributed by atoms with van der Waals surface area (Å²) in [4.78, 5) is 45.9. The Balaban J connectivity index is 4.65. The molecule has 24 heavy (non-hydrogen) atoms. The predicted molar refractivity (Wildman–Crippen MR) is 87.3 cm³/mol. The molecule has 0 rings (SSSR count). The molecule has 1 radical (unpaired) electrons. The molecule has 5 atom stereocenters. The van der Waals surface area contributed by atoms with Gasteiger partial charge in [0.1, 0.15) is 6.04 Å². The Morgan fingerprint density at radius 2 is 1.71 bits per heavy atom. The normalized spacial score (nSPS) is 16.9. The molecule has 0 saturated heterocycles. The van der Waals surface area contributed by atoms with Gasteiger partial charge in [0.15, 0.2) is 0 Å². The Morgan fingerprint density at radius 1 is 1.12 bits per heavy atom. The lowest BCUT2D eigenvalue weighted by atomic mass is 9.99. The van der Waals surface area contributed by atoms with Crippen molar-refractivity contribution in [3.8, 4) is 0 Å². The minimum atomic E-state index is -1.24. The molecule has 0 aliphatic heterocycles. The Hall–Kier alpha value is -2.00. The maximum absolute atomic E-state index is 12.1. The average Bonchev–Trinajstić information content (AvgIpc) is 2.55. The number of nitrogens with one attached hydrogen (secondary N) is 3. The van der Waals surface area contributed by atoms with E-state index in [0.717, 1.165) is 0 Å². The number of hydrogen-bond donors (Lipinski definition) is 5. The van der Waals surface area contributed by atoms with Gasteiger partial charge in [0.25, 0.3) is 0 Å². The highest BCUT2D eigenvalue weighted by atomic mass is 16.3. The van der Waals surface area contributed by atoms with Crippen LogP contribution in [0.25, 0.3) is 0 Å². The summed E-state index contributed by atoms with van der Waals surface area (Å²) in [6, 6.07) is -2.85. The molecule has 0 aliphatic rings. The number of carbonyl (C=O) groups is 3. The van der Waals surface area contributed by atoms with E-state index in [0.29, 0.717) is 6.42 Å². The molecule has 6 N–H and O–H groups in total. The highest BCUT2D eigenvalue weighted by Gasteiger charge is 2.29. The van der Waals surface area contributed by atoms with Crippen LogP contribution in [0.1, 0.15) is 34.1 Å². The summed E-state index contributed by atoms with van der Waals surface area (Å²) in [6.45, 7) is 6.05. The van der Waals surface area contributed by atoms with Crippen molar-refractivity contribution >= 4 is 24.0 Å². The van der Waals surface area contributed by atoms with Crippen LogP contribution in [-0.2, 0) is 19.2 Å². The molecule has 0 aromatic carbocycles. The van der Waals surface area contributed by atoms with E-state index in [9.17, 15) is 24.3 Å². The van der Waals surface area contributed by atoms with Crippen molar-refractivity contribution in [3.63, 3.8) is 0 Å². The number of amides is 3. The van der Waals surface area contributed by atoms with E-state index in [2.05, 4.69) is 16.0 Å². The first-order valence-corrected chi connectivity index (χ1v) is 7.82. The molecule has 0 aromatic rings. The maximum Gasteiger partial charge on any atom is 0.245 e. The lowest BCUT2D eigenvalue weighted by Gasteiger charge is -2.24. The molecular formula is C15H27N4O5. The van der Waals surface area contributed by atoms with Gasteiger partial charge in [-0.25, -0.2) is 0 Å². The van der Waals surface area contributed by atoms with Crippen molar-refractivity contribution in [1.29, 1.82) is 0 Å². The molecule has 0 aromatic heterocycles. The fourth-order valence-corrected chi connectivity index (χ4v) is 1.77. The zero-order valence-corrected chi connectivity index (χ0v) is 14.5. The van der Waals surface area contributed by atoms with E-state index < -0.39 is 48.5 Å². The third kappa shape index (κ3) is 7.51. The van der Waals surface area contributed by atoms with Gasteiger partial charge in [-0.3, -0.25) is 19.2 Å². The Kier molecular flexibility index (Phi) is 9.82. The molecule has 3 amide bonds. The van der Waals surface area contributed by atoms with Crippen molar-refractivity contribution in [2.45, 2.75) is 58.3 Å². The molecule has 9 nitrogen and oxygen atoms in total. The molecule has 0 fully saturated rings. The molecule has 0 heterocycles. The number of rotatable bonds is 10. The van der Waals surface area contributed by atoms with Gasteiger partial charge in [0.05, 0.1) is 24.7 Å². The molecule has 9 heteroatoms. The first-order valence-electron chi connectivity index (χ1n) is 7.82. The Labute approximate surface area is 141 Å². The SMILES string of the molecule is CC[C@H](C)[C@H](N)C(=O)N[C@H](C(=O)NCC(=O)N[C@@H](C)[C]=O)[C@H](C)O. The van der Waals surface area contributed by atoms with Gasteiger partial charge in [0.2, 0.25) is 24.0 Å². The monoisotopic (exact) mass is 343 g/mol. The third-order valence-corrected chi connectivity index (χ3v) is 3.60. The summed E-state index contributed by atoms with van der Waals surface area (Å²) in [5.74, 6) is -1.97. The average molecular weight is 343 g/mol. The first-order chi connectivity index (χ1) is 11.1. The van der Waals surface area contributed by atoms with E-state index in [1.165, 1.54) is 13.8 Å². The highest BCUT2D eigenvalue weighted by molar-refractivity contribution is 5.92. The number of carbonyl (C=O) groups excluding carboxylic acids is 4. The van der Waals surface area contributed by atoms with Crippen LogP contribution in [0, 0.1) is 5.92 Å². The fraction of sp³-hybridized carbons (Fsp3) is 0.733. The first kappa shape index (κ1) is 22.0. The molecule has 0 unspecified atom stereocenters. The Bertz CT molecular complexity index is 455. The van der Waals surface area contributed by atoms with Gasteiger partial charge in [-0.05, 0) is 19.8 Å². The van der Waals surface area contributed by atoms with E-state index in [1.807, 2.05) is 6.92 Å². The second-order valence-electron chi connectivity index (χ2n) is 5.76. The van der Waals surface area contributed by atoms with Crippen LogP contribution >= 0.6 is 0 Å². The van der Waals surface area contributed by atoms with Crippen LogP contribution in [0.15, 0.2) is 0 Å². The number of aliphatic hydroxyl groups is 1. The summed E-state index contributed by atoms with van der Waals surface area (Å²) >= 11 is 0. The minimum Gasteiger partial charge on any atom is -0.391 e. The minimum absolute atomic E-state index is 0.0884. The number of aliphatic hydroxyl groups excluding tert-OH is 1. The second kappa shape index (κ2) is 10.7.